The Balaban J connectivity index is 0.00000162. The van der Waals surface area contributed by atoms with E-state index < -0.39 is 0 Å². The first-order valence-corrected chi connectivity index (χ1v) is 6.84. The van der Waals surface area contributed by atoms with E-state index in [9.17, 15) is 4.79 Å². The lowest BCUT2D eigenvalue weighted by Gasteiger charge is -2.10. The smallest absolute Gasteiger partial charge is 0.223 e. The average molecular weight is 326 g/mol. The summed E-state index contributed by atoms with van der Waals surface area (Å²) in [6, 6.07) is 0.207. The zero-order valence-electron chi connectivity index (χ0n) is 11.1. The molecule has 0 radical (unpaired) electrons. The molecule has 110 valence electrons. The van der Waals surface area contributed by atoms with E-state index in [2.05, 4.69) is 10.3 Å². The molecule has 1 saturated carbocycles. The van der Waals surface area contributed by atoms with Gasteiger partial charge in [-0.2, -0.15) is 0 Å². The first-order chi connectivity index (χ1) is 8.06. The molecule has 2 unspecified atom stereocenters. The van der Waals surface area contributed by atoms with Crippen LogP contribution in [0.1, 0.15) is 34.8 Å². The molecule has 19 heavy (non-hydrogen) atoms. The monoisotopic (exact) mass is 325 g/mol. The van der Waals surface area contributed by atoms with Crippen molar-refractivity contribution in [3.05, 3.63) is 15.6 Å². The highest BCUT2D eigenvalue weighted by Gasteiger charge is 2.27. The summed E-state index contributed by atoms with van der Waals surface area (Å²) in [7, 11) is 0. The van der Waals surface area contributed by atoms with E-state index in [1.165, 1.54) is 0 Å². The average Bonchev–Trinajstić information content (AvgIpc) is 2.82. The number of rotatable bonds is 3. The minimum absolute atomic E-state index is 0. The Kier molecular flexibility index (Phi) is 7.89. The van der Waals surface area contributed by atoms with Gasteiger partial charge in [-0.25, -0.2) is 4.98 Å². The van der Waals surface area contributed by atoms with Crippen LogP contribution in [0.2, 0.25) is 0 Å². The van der Waals surface area contributed by atoms with Gasteiger partial charge >= 0.3 is 0 Å². The minimum Gasteiger partial charge on any atom is -0.351 e. The van der Waals surface area contributed by atoms with Gasteiger partial charge in [-0.1, -0.05) is 0 Å². The molecule has 3 N–H and O–H groups in total. The van der Waals surface area contributed by atoms with Gasteiger partial charge in [-0.3, -0.25) is 4.79 Å². The van der Waals surface area contributed by atoms with Crippen molar-refractivity contribution in [2.24, 2.45) is 11.7 Å². The number of aryl methyl sites for hydroxylation is 2. The maximum absolute atomic E-state index is 11.9. The molecule has 0 spiro atoms. The number of nitrogens with one attached hydrogen (secondary N) is 1. The molecule has 1 aromatic heterocycles. The third kappa shape index (κ3) is 4.91. The van der Waals surface area contributed by atoms with Crippen LogP contribution in [-0.2, 0) is 11.3 Å². The quantitative estimate of drug-likeness (QED) is 0.896. The second-order valence-electron chi connectivity index (χ2n) is 4.73. The van der Waals surface area contributed by atoms with E-state index in [0.717, 1.165) is 34.8 Å². The fraction of sp³-hybridized carbons (Fsp3) is 0.667. The fourth-order valence-electron chi connectivity index (χ4n) is 2.30. The number of carbonyl (C=O) groups excluding carboxylic acids is 1. The lowest BCUT2D eigenvalue weighted by atomic mass is 10.1. The molecule has 1 heterocycles. The summed E-state index contributed by atoms with van der Waals surface area (Å²) in [5, 5.41) is 4.04. The van der Waals surface area contributed by atoms with Crippen molar-refractivity contribution < 1.29 is 4.79 Å². The number of nitrogens with two attached hydrogens (primary N) is 1. The van der Waals surface area contributed by atoms with Crippen molar-refractivity contribution >= 4 is 42.1 Å². The lowest BCUT2D eigenvalue weighted by Crippen LogP contribution is -2.29. The SMILES string of the molecule is Cc1nc(C)c(CNC(=O)C2CCC(N)C2)s1.Cl.Cl. The molecule has 4 nitrogen and oxygen atoms in total. The molecular formula is C12H21Cl2N3OS. The predicted octanol–water partition coefficient (Wildman–Crippen LogP) is 2.35. The van der Waals surface area contributed by atoms with Gasteiger partial charge in [0, 0.05) is 16.8 Å². The predicted molar refractivity (Wildman–Crippen MR) is 83.2 cm³/mol. The summed E-state index contributed by atoms with van der Waals surface area (Å²) < 4.78 is 0. The Hall–Kier alpha value is -0.360. The van der Waals surface area contributed by atoms with Crippen LogP contribution in [0.3, 0.4) is 0 Å². The van der Waals surface area contributed by atoms with Gasteiger partial charge in [0.1, 0.15) is 0 Å². The maximum atomic E-state index is 11.9. The highest BCUT2D eigenvalue weighted by atomic mass is 35.5. The van der Waals surface area contributed by atoms with Crippen molar-refractivity contribution in [2.45, 2.75) is 45.7 Å². The van der Waals surface area contributed by atoms with Crippen molar-refractivity contribution in [1.82, 2.24) is 10.3 Å². The highest BCUT2D eigenvalue weighted by Crippen LogP contribution is 2.24. The molecule has 2 atom stereocenters. The maximum Gasteiger partial charge on any atom is 0.223 e. The first-order valence-electron chi connectivity index (χ1n) is 6.02. The third-order valence-electron chi connectivity index (χ3n) is 3.27. The van der Waals surface area contributed by atoms with Gasteiger partial charge < -0.3 is 11.1 Å². The number of hydrogen-bond acceptors (Lipinski definition) is 4. The molecule has 1 fully saturated rings. The molecule has 7 heteroatoms. The fourth-order valence-corrected chi connectivity index (χ4v) is 3.18. The molecule has 0 saturated heterocycles. The summed E-state index contributed by atoms with van der Waals surface area (Å²) in [5.41, 5.74) is 6.83. The molecule has 1 aliphatic carbocycles. The first kappa shape index (κ1) is 18.6. The van der Waals surface area contributed by atoms with Crippen molar-refractivity contribution in [1.29, 1.82) is 0 Å². The Bertz CT molecular complexity index is 425. The van der Waals surface area contributed by atoms with Gasteiger partial charge in [0.15, 0.2) is 0 Å². The molecule has 1 aromatic rings. The second kappa shape index (κ2) is 8.04. The van der Waals surface area contributed by atoms with Crippen molar-refractivity contribution in [3.63, 3.8) is 0 Å². The van der Waals surface area contributed by atoms with Gasteiger partial charge in [0.25, 0.3) is 0 Å². The van der Waals surface area contributed by atoms with Crippen LogP contribution >= 0.6 is 36.2 Å². The van der Waals surface area contributed by atoms with E-state index >= 15 is 0 Å². The van der Waals surface area contributed by atoms with E-state index in [-0.39, 0.29) is 42.7 Å². The Labute approximate surface area is 130 Å². The van der Waals surface area contributed by atoms with Gasteiger partial charge in [0.05, 0.1) is 17.2 Å². The van der Waals surface area contributed by atoms with Crippen LogP contribution < -0.4 is 11.1 Å². The summed E-state index contributed by atoms with van der Waals surface area (Å²) in [5.74, 6) is 0.253. The van der Waals surface area contributed by atoms with E-state index in [0.29, 0.717) is 6.54 Å². The van der Waals surface area contributed by atoms with Crippen LogP contribution in [0.25, 0.3) is 0 Å². The molecule has 1 aliphatic rings. The van der Waals surface area contributed by atoms with E-state index in [1.54, 1.807) is 11.3 Å². The van der Waals surface area contributed by atoms with Gasteiger partial charge in [-0.15, -0.1) is 36.2 Å². The van der Waals surface area contributed by atoms with Gasteiger partial charge in [0.2, 0.25) is 5.91 Å². The zero-order valence-corrected chi connectivity index (χ0v) is 13.6. The third-order valence-corrected chi connectivity index (χ3v) is 4.34. The van der Waals surface area contributed by atoms with Crippen LogP contribution in [0, 0.1) is 19.8 Å². The largest absolute Gasteiger partial charge is 0.351 e. The second-order valence-corrected chi connectivity index (χ2v) is 6.02. The zero-order chi connectivity index (χ0) is 12.4. The summed E-state index contributed by atoms with van der Waals surface area (Å²) in [6.45, 7) is 4.57. The van der Waals surface area contributed by atoms with Crippen LogP contribution in [0.5, 0.6) is 0 Å². The Morgan fingerprint density at radius 2 is 2.11 bits per heavy atom. The summed E-state index contributed by atoms with van der Waals surface area (Å²) in [6.07, 6.45) is 2.72. The van der Waals surface area contributed by atoms with Crippen LogP contribution in [0.15, 0.2) is 0 Å². The normalized spacial score (nSPS) is 21.4. The Morgan fingerprint density at radius 3 is 2.58 bits per heavy atom. The molecule has 0 aliphatic heterocycles. The van der Waals surface area contributed by atoms with Crippen molar-refractivity contribution in [2.75, 3.05) is 0 Å². The number of carbonyl (C=O) groups is 1. The number of thiazole rings is 1. The number of aromatic nitrogens is 1. The molecule has 0 aromatic carbocycles. The molecule has 1 amide bonds. The number of amides is 1. The topological polar surface area (TPSA) is 68.0 Å². The number of hydrogen-bond donors (Lipinski definition) is 2. The standard InChI is InChI=1S/C12H19N3OS.2ClH/c1-7-11(17-8(2)15-7)6-14-12(16)9-3-4-10(13)5-9;;/h9-10H,3-6,13H2,1-2H3,(H,14,16);2*1H. The summed E-state index contributed by atoms with van der Waals surface area (Å²) >= 11 is 1.65. The Morgan fingerprint density at radius 1 is 1.42 bits per heavy atom. The molecule has 2 rings (SSSR count). The van der Waals surface area contributed by atoms with E-state index in [4.69, 9.17) is 5.73 Å². The number of nitrogens with zero attached hydrogens (tertiary/aromatic N) is 1. The lowest BCUT2D eigenvalue weighted by molar-refractivity contribution is -0.124. The van der Waals surface area contributed by atoms with Crippen LogP contribution in [-0.4, -0.2) is 16.9 Å². The highest BCUT2D eigenvalue weighted by molar-refractivity contribution is 7.11. The molecule has 0 bridgehead atoms. The van der Waals surface area contributed by atoms with Gasteiger partial charge in [-0.05, 0) is 33.1 Å². The summed E-state index contributed by atoms with van der Waals surface area (Å²) in [4.78, 5) is 17.4. The van der Waals surface area contributed by atoms with E-state index in [1.807, 2.05) is 13.8 Å². The number of halogens is 2. The minimum atomic E-state index is 0. The molecular weight excluding hydrogens is 305 g/mol. The van der Waals surface area contributed by atoms with Crippen molar-refractivity contribution in [3.8, 4) is 0 Å². The van der Waals surface area contributed by atoms with Crippen LogP contribution in [0.4, 0.5) is 0 Å².